The van der Waals surface area contributed by atoms with Crippen LogP contribution in [0.1, 0.15) is 16.8 Å². The summed E-state index contributed by atoms with van der Waals surface area (Å²) in [4.78, 5) is 40.8. The Hall–Kier alpha value is -3.13. The lowest BCUT2D eigenvalue weighted by Gasteiger charge is -2.15. The number of carboxylic acids is 1. The van der Waals surface area contributed by atoms with Crippen molar-refractivity contribution in [2.75, 3.05) is 4.90 Å². The van der Waals surface area contributed by atoms with Crippen LogP contribution in [0.25, 0.3) is 0 Å². The number of carbonyl (C=O) groups excluding carboxylic acids is 3. The molecule has 2 aromatic rings. The molecular weight excluding hydrogens is 354 g/mol. The zero-order valence-electron chi connectivity index (χ0n) is 13.5. The number of thioether (sulfide) groups is 1. The molecular formula is C18H14N3O4S-. The number of para-hydroxylation sites is 1. The van der Waals surface area contributed by atoms with Gasteiger partial charge in [0, 0.05) is 6.42 Å². The van der Waals surface area contributed by atoms with Gasteiger partial charge in [-0.3, -0.25) is 9.59 Å². The molecule has 1 fully saturated rings. The molecule has 1 atom stereocenters. The van der Waals surface area contributed by atoms with Crippen molar-refractivity contribution in [2.24, 2.45) is 10.7 Å². The molecule has 1 aliphatic rings. The Balaban J connectivity index is 1.74. The van der Waals surface area contributed by atoms with E-state index in [-0.39, 0.29) is 23.1 Å². The lowest BCUT2D eigenvalue weighted by atomic mass is 10.2. The normalized spacial score (nSPS) is 17.6. The Kier molecular flexibility index (Phi) is 5.04. The van der Waals surface area contributed by atoms with Crippen LogP contribution in [0.15, 0.2) is 59.6 Å². The summed E-state index contributed by atoms with van der Waals surface area (Å²) in [6, 6.07) is 14.4. The van der Waals surface area contributed by atoms with Crippen LogP contribution in [0.5, 0.6) is 0 Å². The third-order valence-electron chi connectivity index (χ3n) is 3.72. The number of amidine groups is 1. The number of rotatable bonds is 4. The number of imide groups is 1. The molecule has 0 radical (unpaired) electrons. The summed E-state index contributed by atoms with van der Waals surface area (Å²) in [5.74, 6) is -2.11. The van der Waals surface area contributed by atoms with Crippen LogP contribution in [-0.2, 0) is 9.59 Å². The molecule has 1 aliphatic heterocycles. The third kappa shape index (κ3) is 3.75. The molecule has 0 saturated carbocycles. The van der Waals surface area contributed by atoms with Crippen molar-refractivity contribution in [3.63, 3.8) is 0 Å². The second kappa shape index (κ2) is 7.40. The number of hydrogen-bond donors (Lipinski definition) is 1. The Bertz CT molecular complexity index is 881. The minimum absolute atomic E-state index is 0.00323. The number of hydrogen-bond acceptors (Lipinski definition) is 6. The maximum atomic E-state index is 12.6. The summed E-state index contributed by atoms with van der Waals surface area (Å²) in [7, 11) is 0. The summed E-state index contributed by atoms with van der Waals surface area (Å²) in [5, 5.41) is 10.3. The van der Waals surface area contributed by atoms with Crippen LogP contribution < -0.4 is 15.7 Å². The molecule has 0 spiro atoms. The Morgan fingerprint density at radius 3 is 2.38 bits per heavy atom. The second-order valence-electron chi connectivity index (χ2n) is 5.50. The molecule has 0 unspecified atom stereocenters. The van der Waals surface area contributed by atoms with E-state index in [0.29, 0.717) is 11.4 Å². The number of benzene rings is 2. The monoisotopic (exact) mass is 368 g/mol. The topological polar surface area (TPSA) is 116 Å². The summed E-state index contributed by atoms with van der Waals surface area (Å²) in [6.07, 6.45) is -0.00323. The first-order valence-electron chi connectivity index (χ1n) is 7.70. The van der Waals surface area contributed by atoms with Crippen LogP contribution >= 0.6 is 11.8 Å². The zero-order chi connectivity index (χ0) is 18.7. The Labute approximate surface area is 153 Å². The average molecular weight is 368 g/mol. The predicted molar refractivity (Wildman–Crippen MR) is 97.0 cm³/mol. The number of aromatic carboxylic acids is 1. The number of nitrogens with two attached hydrogens (primary N) is 1. The summed E-state index contributed by atoms with van der Waals surface area (Å²) in [6.45, 7) is 0. The molecule has 0 aliphatic carbocycles. The van der Waals surface area contributed by atoms with Gasteiger partial charge in [0.2, 0.25) is 11.8 Å². The van der Waals surface area contributed by atoms with Gasteiger partial charge in [0.05, 0.1) is 17.3 Å². The molecule has 132 valence electrons. The molecule has 2 N–H and O–H groups in total. The SMILES string of the molecule is NC(=Nc1ccccc1)S[C@H]1CC(=O)N(c2ccc(C(=O)[O-])cc2)C1=O. The summed E-state index contributed by atoms with van der Waals surface area (Å²) in [5.41, 5.74) is 6.83. The molecule has 8 heteroatoms. The van der Waals surface area contributed by atoms with Gasteiger partial charge in [0.25, 0.3) is 0 Å². The van der Waals surface area contributed by atoms with E-state index in [4.69, 9.17) is 5.73 Å². The quantitative estimate of drug-likeness (QED) is 0.490. The van der Waals surface area contributed by atoms with E-state index in [2.05, 4.69) is 4.99 Å². The number of carboxylic acid groups (broad SMARTS) is 1. The number of carbonyl (C=O) groups is 3. The van der Waals surface area contributed by atoms with Gasteiger partial charge in [-0.05, 0) is 29.8 Å². The minimum Gasteiger partial charge on any atom is -0.545 e. The van der Waals surface area contributed by atoms with Crippen LogP contribution in [0.3, 0.4) is 0 Å². The minimum atomic E-state index is -1.33. The fourth-order valence-electron chi connectivity index (χ4n) is 2.52. The standard InChI is InChI=1S/C18H15N3O4S/c19-18(20-12-4-2-1-3-5-12)26-14-10-15(22)21(16(14)23)13-8-6-11(7-9-13)17(24)25/h1-9,14H,10H2,(H2,19,20)(H,24,25)/p-1/t14-/m0/s1. The molecule has 26 heavy (non-hydrogen) atoms. The van der Waals surface area contributed by atoms with E-state index < -0.39 is 17.1 Å². The van der Waals surface area contributed by atoms with Crippen molar-refractivity contribution in [1.29, 1.82) is 0 Å². The van der Waals surface area contributed by atoms with Gasteiger partial charge in [-0.1, -0.05) is 42.1 Å². The summed E-state index contributed by atoms with van der Waals surface area (Å²) < 4.78 is 0. The lowest BCUT2D eigenvalue weighted by Crippen LogP contribution is -2.32. The molecule has 1 heterocycles. The van der Waals surface area contributed by atoms with Crippen molar-refractivity contribution >= 4 is 46.1 Å². The fourth-order valence-corrected chi connectivity index (χ4v) is 3.40. The first kappa shape index (κ1) is 17.7. The van der Waals surface area contributed by atoms with Gasteiger partial charge in [-0.2, -0.15) is 0 Å². The smallest absolute Gasteiger partial charge is 0.247 e. The first-order chi connectivity index (χ1) is 12.5. The van der Waals surface area contributed by atoms with E-state index in [9.17, 15) is 19.5 Å². The Morgan fingerprint density at radius 2 is 1.77 bits per heavy atom. The van der Waals surface area contributed by atoms with E-state index in [1.165, 1.54) is 24.3 Å². The molecule has 2 aromatic carbocycles. The van der Waals surface area contributed by atoms with Crippen LogP contribution in [0.4, 0.5) is 11.4 Å². The number of amides is 2. The van der Waals surface area contributed by atoms with Gasteiger partial charge in [-0.25, -0.2) is 9.89 Å². The third-order valence-corrected chi connectivity index (χ3v) is 4.71. The van der Waals surface area contributed by atoms with E-state index in [1.54, 1.807) is 12.1 Å². The first-order valence-corrected chi connectivity index (χ1v) is 8.58. The number of anilines is 1. The Morgan fingerprint density at radius 1 is 1.12 bits per heavy atom. The number of aliphatic imine (C=N–C) groups is 1. The predicted octanol–water partition coefficient (Wildman–Crippen LogP) is 1.06. The van der Waals surface area contributed by atoms with Crippen molar-refractivity contribution in [1.82, 2.24) is 0 Å². The molecule has 7 nitrogen and oxygen atoms in total. The fraction of sp³-hybridized carbons (Fsp3) is 0.111. The van der Waals surface area contributed by atoms with Gasteiger partial charge in [-0.15, -0.1) is 0 Å². The highest BCUT2D eigenvalue weighted by Gasteiger charge is 2.40. The highest BCUT2D eigenvalue weighted by atomic mass is 32.2. The zero-order valence-corrected chi connectivity index (χ0v) is 14.3. The van der Waals surface area contributed by atoms with Crippen molar-refractivity contribution in [3.8, 4) is 0 Å². The van der Waals surface area contributed by atoms with Crippen LogP contribution in [0.2, 0.25) is 0 Å². The molecule has 0 aromatic heterocycles. The van der Waals surface area contributed by atoms with E-state index in [1.807, 2.05) is 18.2 Å². The van der Waals surface area contributed by atoms with Crippen LogP contribution in [0, 0.1) is 0 Å². The lowest BCUT2D eigenvalue weighted by molar-refractivity contribution is -0.255. The van der Waals surface area contributed by atoms with Crippen molar-refractivity contribution < 1.29 is 19.5 Å². The number of nitrogens with zero attached hydrogens (tertiary/aromatic N) is 2. The molecule has 1 saturated heterocycles. The van der Waals surface area contributed by atoms with E-state index in [0.717, 1.165) is 16.7 Å². The van der Waals surface area contributed by atoms with Gasteiger partial charge >= 0.3 is 0 Å². The largest absolute Gasteiger partial charge is 0.545 e. The summed E-state index contributed by atoms with van der Waals surface area (Å²) >= 11 is 1.03. The maximum absolute atomic E-state index is 12.6. The van der Waals surface area contributed by atoms with Gasteiger partial charge in [0.1, 0.15) is 5.25 Å². The second-order valence-corrected chi connectivity index (χ2v) is 6.72. The van der Waals surface area contributed by atoms with E-state index >= 15 is 0 Å². The highest BCUT2D eigenvalue weighted by molar-refractivity contribution is 8.15. The average Bonchev–Trinajstić information content (AvgIpc) is 2.89. The molecule has 3 rings (SSSR count). The van der Waals surface area contributed by atoms with Crippen molar-refractivity contribution in [2.45, 2.75) is 11.7 Å². The van der Waals surface area contributed by atoms with Crippen molar-refractivity contribution in [3.05, 3.63) is 60.2 Å². The highest BCUT2D eigenvalue weighted by Crippen LogP contribution is 2.30. The van der Waals surface area contributed by atoms with Crippen LogP contribution in [-0.4, -0.2) is 28.2 Å². The maximum Gasteiger partial charge on any atom is 0.247 e. The molecule has 0 bridgehead atoms. The molecule has 2 amide bonds. The van der Waals surface area contributed by atoms with Gasteiger partial charge < -0.3 is 15.6 Å². The van der Waals surface area contributed by atoms with Gasteiger partial charge in [0.15, 0.2) is 5.17 Å².